The van der Waals surface area contributed by atoms with E-state index in [0.29, 0.717) is 32.6 Å². The van der Waals surface area contributed by atoms with Gasteiger partial charge in [-0.1, -0.05) is 17.7 Å². The fourth-order valence-electron chi connectivity index (χ4n) is 3.23. The molecule has 2 heterocycles. The molecule has 28 heavy (non-hydrogen) atoms. The van der Waals surface area contributed by atoms with Crippen LogP contribution in [-0.4, -0.2) is 19.0 Å². The van der Waals surface area contributed by atoms with Crippen LogP contribution >= 0.6 is 22.9 Å². The molecule has 1 amide bonds. The Morgan fingerprint density at radius 2 is 2.00 bits per heavy atom. The first-order chi connectivity index (χ1) is 13.6. The maximum atomic E-state index is 12.8. The number of halogens is 1. The second-order valence-corrected chi connectivity index (χ2v) is 7.62. The molecule has 7 heteroatoms. The van der Waals surface area contributed by atoms with Gasteiger partial charge in [0.2, 0.25) is 0 Å². The van der Waals surface area contributed by atoms with Crippen molar-refractivity contribution in [2.75, 3.05) is 12.0 Å². The van der Waals surface area contributed by atoms with Gasteiger partial charge in [0, 0.05) is 22.7 Å². The second-order valence-electron chi connectivity index (χ2n) is 6.24. The zero-order chi connectivity index (χ0) is 19.7. The number of carbonyl (C=O) groups excluding carboxylic acids is 2. The highest BCUT2D eigenvalue weighted by Crippen LogP contribution is 2.42. The highest BCUT2D eigenvalue weighted by atomic mass is 35.5. The van der Waals surface area contributed by atoms with E-state index in [1.165, 1.54) is 16.2 Å². The maximum Gasteiger partial charge on any atom is 0.420 e. The van der Waals surface area contributed by atoms with Crippen molar-refractivity contribution in [1.29, 1.82) is 0 Å². The monoisotopic (exact) mass is 413 g/mol. The standard InChI is InChI=1S/C21H16ClNO4S/c1-26-15-7-5-14(6-8-15)23-17(12-18(24)20-3-2-10-28-20)16-11-13(22)4-9-19(16)27-21(23)25/h2-11,17H,12H2,1H3. The average molecular weight is 414 g/mol. The number of amides is 1. The van der Waals surface area contributed by atoms with Crippen molar-refractivity contribution in [1.82, 2.24) is 0 Å². The van der Waals surface area contributed by atoms with Crippen LogP contribution < -0.4 is 14.4 Å². The summed E-state index contributed by atoms with van der Waals surface area (Å²) in [5.41, 5.74) is 1.31. The molecule has 1 atom stereocenters. The molecule has 0 saturated carbocycles. The Balaban J connectivity index is 1.77. The SMILES string of the molecule is COc1ccc(N2C(=O)Oc3ccc(Cl)cc3C2CC(=O)c2cccs2)cc1. The molecule has 1 aliphatic rings. The number of thiophene rings is 1. The van der Waals surface area contributed by atoms with Crippen LogP contribution in [-0.2, 0) is 0 Å². The van der Waals surface area contributed by atoms with E-state index in [0.717, 1.165) is 0 Å². The van der Waals surface area contributed by atoms with E-state index in [9.17, 15) is 9.59 Å². The zero-order valence-corrected chi connectivity index (χ0v) is 16.5. The molecule has 0 radical (unpaired) electrons. The Labute approximate surface area is 171 Å². The Bertz CT molecular complexity index is 1020. The fourth-order valence-corrected chi connectivity index (χ4v) is 4.08. The van der Waals surface area contributed by atoms with Crippen LogP contribution in [0.15, 0.2) is 60.0 Å². The van der Waals surface area contributed by atoms with Gasteiger partial charge in [-0.05, 0) is 53.9 Å². The second kappa shape index (κ2) is 7.66. The largest absolute Gasteiger partial charge is 0.497 e. The van der Waals surface area contributed by atoms with Gasteiger partial charge in [0.1, 0.15) is 11.5 Å². The maximum absolute atomic E-state index is 12.8. The first-order valence-corrected chi connectivity index (χ1v) is 9.84. The van der Waals surface area contributed by atoms with Crippen molar-refractivity contribution in [3.63, 3.8) is 0 Å². The number of Topliss-reactive ketones (excluding diaryl/α,β-unsaturated/α-hetero) is 1. The van der Waals surface area contributed by atoms with E-state index < -0.39 is 12.1 Å². The van der Waals surface area contributed by atoms with Gasteiger partial charge in [0.05, 0.1) is 18.0 Å². The molecular weight excluding hydrogens is 398 g/mol. The summed E-state index contributed by atoms with van der Waals surface area (Å²) in [6, 6.07) is 15.2. The third-order valence-corrected chi connectivity index (χ3v) is 5.71. The predicted octanol–water partition coefficient (Wildman–Crippen LogP) is 5.74. The van der Waals surface area contributed by atoms with Crippen LogP contribution in [0.5, 0.6) is 11.5 Å². The van der Waals surface area contributed by atoms with Crippen molar-refractivity contribution in [2.45, 2.75) is 12.5 Å². The van der Waals surface area contributed by atoms with Crippen molar-refractivity contribution in [3.8, 4) is 11.5 Å². The molecule has 3 aromatic rings. The van der Waals surface area contributed by atoms with Crippen LogP contribution in [0.25, 0.3) is 0 Å². The minimum absolute atomic E-state index is 0.0425. The fraction of sp³-hybridized carbons (Fsp3) is 0.143. The molecule has 0 bridgehead atoms. The van der Waals surface area contributed by atoms with Crippen LogP contribution in [0.4, 0.5) is 10.5 Å². The molecule has 1 aliphatic heterocycles. The molecule has 0 spiro atoms. The number of nitrogens with zero attached hydrogens (tertiary/aromatic N) is 1. The van der Waals surface area contributed by atoms with Crippen LogP contribution in [0.1, 0.15) is 27.7 Å². The number of hydrogen-bond donors (Lipinski definition) is 0. The normalized spacial score (nSPS) is 15.7. The van der Waals surface area contributed by atoms with Gasteiger partial charge in [-0.15, -0.1) is 11.3 Å². The smallest absolute Gasteiger partial charge is 0.420 e. The Morgan fingerprint density at radius 3 is 2.68 bits per heavy atom. The van der Waals surface area contributed by atoms with E-state index in [-0.39, 0.29) is 12.2 Å². The average Bonchev–Trinajstić information content (AvgIpc) is 3.24. The highest BCUT2D eigenvalue weighted by molar-refractivity contribution is 7.12. The molecule has 4 rings (SSSR count). The summed E-state index contributed by atoms with van der Waals surface area (Å²) in [5.74, 6) is 1.05. The highest BCUT2D eigenvalue weighted by Gasteiger charge is 2.37. The number of ether oxygens (including phenoxy) is 2. The summed E-state index contributed by atoms with van der Waals surface area (Å²) in [7, 11) is 1.57. The number of fused-ring (bicyclic) bond motifs is 1. The van der Waals surface area contributed by atoms with Gasteiger partial charge in [0.25, 0.3) is 0 Å². The van der Waals surface area contributed by atoms with Crippen molar-refractivity contribution in [3.05, 3.63) is 75.4 Å². The summed E-state index contributed by atoms with van der Waals surface area (Å²) in [5, 5.41) is 2.37. The quantitative estimate of drug-likeness (QED) is 0.500. The molecule has 1 unspecified atom stereocenters. The molecule has 0 N–H and O–H groups in total. The van der Waals surface area contributed by atoms with Gasteiger partial charge >= 0.3 is 6.09 Å². The molecule has 0 aliphatic carbocycles. The molecule has 142 valence electrons. The van der Waals surface area contributed by atoms with Gasteiger partial charge < -0.3 is 9.47 Å². The van der Waals surface area contributed by atoms with Crippen LogP contribution in [0.2, 0.25) is 5.02 Å². The Hall–Kier alpha value is -2.83. The van der Waals surface area contributed by atoms with Gasteiger partial charge in [-0.25, -0.2) is 4.79 Å². The summed E-state index contributed by atoms with van der Waals surface area (Å²) >= 11 is 7.57. The summed E-state index contributed by atoms with van der Waals surface area (Å²) < 4.78 is 10.7. The van der Waals surface area contributed by atoms with Crippen LogP contribution in [0.3, 0.4) is 0 Å². The number of hydrogen-bond acceptors (Lipinski definition) is 5. The lowest BCUT2D eigenvalue weighted by molar-refractivity contribution is 0.0975. The lowest BCUT2D eigenvalue weighted by atomic mass is 9.96. The topological polar surface area (TPSA) is 55.8 Å². The van der Waals surface area contributed by atoms with E-state index in [4.69, 9.17) is 21.1 Å². The molecule has 0 saturated heterocycles. The number of carbonyl (C=O) groups is 2. The number of methoxy groups -OCH3 is 1. The minimum atomic E-state index is -0.538. The van der Waals surface area contributed by atoms with Gasteiger partial charge in [-0.3, -0.25) is 9.69 Å². The molecule has 5 nitrogen and oxygen atoms in total. The lowest BCUT2D eigenvalue weighted by Crippen LogP contribution is -2.42. The van der Waals surface area contributed by atoms with E-state index >= 15 is 0 Å². The van der Waals surface area contributed by atoms with Crippen molar-refractivity contribution in [2.24, 2.45) is 0 Å². The number of benzene rings is 2. The summed E-state index contributed by atoms with van der Waals surface area (Å²) in [4.78, 5) is 27.8. The third-order valence-electron chi connectivity index (χ3n) is 4.56. The Kier molecular flexibility index (Phi) is 5.07. The minimum Gasteiger partial charge on any atom is -0.497 e. The molecule has 0 fully saturated rings. The number of ketones is 1. The van der Waals surface area contributed by atoms with E-state index in [1.807, 2.05) is 11.4 Å². The predicted molar refractivity (Wildman–Crippen MR) is 109 cm³/mol. The molecular formula is C21H16ClNO4S. The summed E-state index contributed by atoms with van der Waals surface area (Å²) in [6.07, 6.45) is -0.418. The Morgan fingerprint density at radius 1 is 1.21 bits per heavy atom. The van der Waals surface area contributed by atoms with Crippen LogP contribution in [0, 0.1) is 0 Å². The van der Waals surface area contributed by atoms with Gasteiger partial charge in [-0.2, -0.15) is 0 Å². The zero-order valence-electron chi connectivity index (χ0n) is 14.9. The molecule has 1 aromatic heterocycles. The first-order valence-electron chi connectivity index (χ1n) is 8.58. The van der Waals surface area contributed by atoms with E-state index in [2.05, 4.69) is 0 Å². The van der Waals surface area contributed by atoms with E-state index in [1.54, 1.807) is 55.6 Å². The molecule has 2 aromatic carbocycles. The van der Waals surface area contributed by atoms with Gasteiger partial charge in [0.15, 0.2) is 5.78 Å². The van der Waals surface area contributed by atoms with Crippen molar-refractivity contribution < 1.29 is 19.1 Å². The first kappa shape index (κ1) is 18.5. The lowest BCUT2D eigenvalue weighted by Gasteiger charge is -2.36. The third kappa shape index (κ3) is 3.48. The van der Waals surface area contributed by atoms with Crippen molar-refractivity contribution >= 4 is 40.5 Å². The summed E-state index contributed by atoms with van der Waals surface area (Å²) in [6.45, 7) is 0. The number of rotatable bonds is 5. The number of anilines is 1.